The zero-order chi connectivity index (χ0) is 16.5. The molecule has 124 valence electrons. The number of piperidine rings is 1. The summed E-state index contributed by atoms with van der Waals surface area (Å²) in [6, 6.07) is 11.6. The number of hydrogen-bond donors (Lipinski definition) is 1. The molecule has 2 aromatic rings. The SMILES string of the molecule is O=C(NC1CCN(C(=O)C2CC2)CC1)c1ccc2ccccc2n1. The molecule has 2 aliphatic rings. The maximum atomic E-state index is 12.4. The standard InChI is InChI=1S/C19H21N3O2/c23-18(17-8-7-13-3-1-2-4-16(13)21-17)20-15-9-11-22(12-10-15)19(24)14-5-6-14/h1-4,7-8,14-15H,5-6,9-12H2,(H,20,23). The van der Waals surface area contributed by atoms with Crippen molar-refractivity contribution < 1.29 is 9.59 Å². The Bertz CT molecular complexity index is 777. The lowest BCUT2D eigenvalue weighted by Crippen LogP contribution is -2.47. The fourth-order valence-corrected chi connectivity index (χ4v) is 3.28. The van der Waals surface area contributed by atoms with Crippen LogP contribution in [0.25, 0.3) is 10.9 Å². The van der Waals surface area contributed by atoms with Crippen molar-refractivity contribution in [2.45, 2.75) is 31.7 Å². The smallest absolute Gasteiger partial charge is 0.270 e. The number of amides is 2. The van der Waals surface area contributed by atoms with Gasteiger partial charge < -0.3 is 10.2 Å². The van der Waals surface area contributed by atoms with Gasteiger partial charge in [-0.05, 0) is 37.8 Å². The van der Waals surface area contributed by atoms with Gasteiger partial charge >= 0.3 is 0 Å². The summed E-state index contributed by atoms with van der Waals surface area (Å²) in [5, 5.41) is 4.09. The molecule has 0 atom stereocenters. The molecule has 1 aromatic carbocycles. The Balaban J connectivity index is 1.36. The lowest BCUT2D eigenvalue weighted by molar-refractivity contribution is -0.133. The van der Waals surface area contributed by atoms with Crippen LogP contribution in [-0.2, 0) is 4.79 Å². The number of hydrogen-bond acceptors (Lipinski definition) is 3. The minimum Gasteiger partial charge on any atom is -0.348 e. The third-order valence-electron chi connectivity index (χ3n) is 4.90. The van der Waals surface area contributed by atoms with E-state index >= 15 is 0 Å². The quantitative estimate of drug-likeness (QED) is 0.943. The van der Waals surface area contributed by atoms with Crippen LogP contribution in [-0.4, -0.2) is 40.8 Å². The number of nitrogens with one attached hydrogen (secondary N) is 1. The van der Waals surface area contributed by atoms with Crippen LogP contribution in [0.2, 0.25) is 0 Å². The van der Waals surface area contributed by atoms with Crippen LogP contribution in [0.1, 0.15) is 36.2 Å². The van der Waals surface area contributed by atoms with E-state index in [9.17, 15) is 9.59 Å². The third-order valence-corrected chi connectivity index (χ3v) is 4.90. The first-order valence-corrected chi connectivity index (χ1v) is 8.66. The molecule has 1 aliphatic heterocycles. The van der Waals surface area contributed by atoms with E-state index in [1.807, 2.05) is 35.2 Å². The summed E-state index contributed by atoms with van der Waals surface area (Å²) in [5.41, 5.74) is 1.28. The molecule has 1 aliphatic carbocycles. The second-order valence-corrected chi connectivity index (χ2v) is 6.74. The molecule has 1 N–H and O–H groups in total. The molecular weight excluding hydrogens is 302 g/mol. The molecule has 1 saturated heterocycles. The van der Waals surface area contributed by atoms with Crippen LogP contribution in [0.15, 0.2) is 36.4 Å². The van der Waals surface area contributed by atoms with Crippen LogP contribution in [0.3, 0.4) is 0 Å². The van der Waals surface area contributed by atoms with Gasteiger partial charge in [0.2, 0.25) is 5.91 Å². The van der Waals surface area contributed by atoms with Crippen LogP contribution >= 0.6 is 0 Å². The molecule has 5 heteroatoms. The molecule has 1 aromatic heterocycles. The third kappa shape index (κ3) is 3.11. The van der Waals surface area contributed by atoms with Gasteiger partial charge in [0, 0.05) is 30.4 Å². The first-order chi connectivity index (χ1) is 11.7. The fraction of sp³-hybridized carbons (Fsp3) is 0.421. The van der Waals surface area contributed by atoms with E-state index in [0.29, 0.717) is 11.6 Å². The molecule has 0 radical (unpaired) electrons. The van der Waals surface area contributed by atoms with E-state index in [-0.39, 0.29) is 17.9 Å². The second kappa shape index (κ2) is 6.23. The predicted molar refractivity (Wildman–Crippen MR) is 91.5 cm³/mol. The number of para-hydroxylation sites is 1. The molecule has 2 fully saturated rings. The molecule has 2 amide bonds. The number of carbonyl (C=O) groups excluding carboxylic acids is 2. The Kier molecular flexibility index (Phi) is 3.92. The van der Waals surface area contributed by atoms with Gasteiger partial charge in [0.15, 0.2) is 0 Å². The number of aromatic nitrogens is 1. The summed E-state index contributed by atoms with van der Waals surface area (Å²) >= 11 is 0. The monoisotopic (exact) mass is 323 g/mol. The van der Waals surface area contributed by atoms with Crippen LogP contribution in [0.5, 0.6) is 0 Å². The topological polar surface area (TPSA) is 62.3 Å². The molecule has 1 saturated carbocycles. The summed E-state index contributed by atoms with van der Waals surface area (Å²) in [6.07, 6.45) is 3.72. The largest absolute Gasteiger partial charge is 0.348 e. The number of fused-ring (bicyclic) bond motifs is 1. The van der Waals surface area contributed by atoms with E-state index < -0.39 is 0 Å². The highest BCUT2D eigenvalue weighted by Crippen LogP contribution is 2.31. The molecule has 0 bridgehead atoms. The van der Waals surface area contributed by atoms with Gasteiger partial charge in [-0.25, -0.2) is 4.98 Å². The van der Waals surface area contributed by atoms with Crippen molar-refractivity contribution in [1.82, 2.24) is 15.2 Å². The van der Waals surface area contributed by atoms with Gasteiger partial charge in [0.05, 0.1) is 5.52 Å². The molecule has 0 spiro atoms. The predicted octanol–water partition coefficient (Wildman–Crippen LogP) is 2.37. The van der Waals surface area contributed by atoms with Crippen molar-refractivity contribution in [2.75, 3.05) is 13.1 Å². The van der Waals surface area contributed by atoms with Gasteiger partial charge in [-0.2, -0.15) is 0 Å². The minimum atomic E-state index is -0.132. The molecule has 0 unspecified atom stereocenters. The normalized spacial score (nSPS) is 18.6. The van der Waals surface area contributed by atoms with Crippen molar-refractivity contribution in [2.24, 2.45) is 5.92 Å². The number of likely N-dealkylation sites (tertiary alicyclic amines) is 1. The van der Waals surface area contributed by atoms with E-state index in [0.717, 1.165) is 49.7 Å². The maximum absolute atomic E-state index is 12.4. The lowest BCUT2D eigenvalue weighted by Gasteiger charge is -2.32. The summed E-state index contributed by atoms with van der Waals surface area (Å²) < 4.78 is 0. The molecular formula is C19H21N3O2. The molecule has 4 rings (SSSR count). The number of rotatable bonds is 3. The first-order valence-electron chi connectivity index (χ1n) is 8.66. The average molecular weight is 323 g/mol. The van der Waals surface area contributed by atoms with Gasteiger partial charge in [0.25, 0.3) is 5.91 Å². The Morgan fingerprint density at radius 1 is 1.00 bits per heavy atom. The summed E-state index contributed by atoms with van der Waals surface area (Å²) in [4.78, 5) is 30.9. The lowest BCUT2D eigenvalue weighted by atomic mass is 10.0. The Labute approximate surface area is 141 Å². The summed E-state index contributed by atoms with van der Waals surface area (Å²) in [6.45, 7) is 1.48. The van der Waals surface area contributed by atoms with E-state index in [2.05, 4.69) is 10.3 Å². The first kappa shape index (κ1) is 15.1. The van der Waals surface area contributed by atoms with Crippen molar-refractivity contribution in [1.29, 1.82) is 0 Å². The van der Waals surface area contributed by atoms with Crippen molar-refractivity contribution in [3.63, 3.8) is 0 Å². The van der Waals surface area contributed by atoms with E-state index in [1.165, 1.54) is 0 Å². The maximum Gasteiger partial charge on any atom is 0.270 e. The number of carbonyl (C=O) groups is 2. The highest BCUT2D eigenvalue weighted by molar-refractivity contribution is 5.95. The summed E-state index contributed by atoms with van der Waals surface area (Å²) in [7, 11) is 0. The Morgan fingerprint density at radius 3 is 2.50 bits per heavy atom. The zero-order valence-electron chi connectivity index (χ0n) is 13.6. The van der Waals surface area contributed by atoms with E-state index in [1.54, 1.807) is 6.07 Å². The Hall–Kier alpha value is -2.43. The second-order valence-electron chi connectivity index (χ2n) is 6.74. The van der Waals surface area contributed by atoms with Crippen LogP contribution in [0.4, 0.5) is 0 Å². The van der Waals surface area contributed by atoms with Gasteiger partial charge in [-0.3, -0.25) is 9.59 Å². The van der Waals surface area contributed by atoms with Crippen LogP contribution < -0.4 is 5.32 Å². The minimum absolute atomic E-state index is 0.119. The van der Waals surface area contributed by atoms with Crippen molar-refractivity contribution in [3.8, 4) is 0 Å². The van der Waals surface area contributed by atoms with Gasteiger partial charge in [0.1, 0.15) is 5.69 Å². The van der Waals surface area contributed by atoms with E-state index in [4.69, 9.17) is 0 Å². The van der Waals surface area contributed by atoms with Crippen molar-refractivity contribution in [3.05, 3.63) is 42.1 Å². The number of benzene rings is 1. The highest BCUT2D eigenvalue weighted by atomic mass is 16.2. The zero-order valence-corrected chi connectivity index (χ0v) is 13.6. The molecule has 2 heterocycles. The molecule has 5 nitrogen and oxygen atoms in total. The number of pyridine rings is 1. The average Bonchev–Trinajstić information content (AvgIpc) is 3.46. The fourth-order valence-electron chi connectivity index (χ4n) is 3.28. The number of nitrogens with zero attached hydrogens (tertiary/aromatic N) is 2. The molecule has 24 heavy (non-hydrogen) atoms. The Morgan fingerprint density at radius 2 is 1.75 bits per heavy atom. The highest BCUT2D eigenvalue weighted by Gasteiger charge is 2.35. The van der Waals surface area contributed by atoms with Crippen molar-refractivity contribution >= 4 is 22.7 Å². The summed E-state index contributed by atoms with van der Waals surface area (Å²) in [5.74, 6) is 0.446. The van der Waals surface area contributed by atoms with Gasteiger partial charge in [-0.15, -0.1) is 0 Å². The van der Waals surface area contributed by atoms with Gasteiger partial charge in [-0.1, -0.05) is 24.3 Å². The van der Waals surface area contributed by atoms with Crippen LogP contribution in [0, 0.1) is 5.92 Å².